The molecule has 4 aromatic heterocycles. The summed E-state index contributed by atoms with van der Waals surface area (Å²) in [6.45, 7) is 12.0. The molecule has 13 N–H and O–H groups in total. The summed E-state index contributed by atoms with van der Waals surface area (Å²) in [4.78, 5) is 16.1. The van der Waals surface area contributed by atoms with Gasteiger partial charge in [0.25, 0.3) is 0 Å². The van der Waals surface area contributed by atoms with Gasteiger partial charge in [0.05, 0.1) is 60.2 Å². The van der Waals surface area contributed by atoms with E-state index in [1.165, 1.54) is 24.3 Å². The Morgan fingerprint density at radius 1 is 0.398 bits per heavy atom. The highest BCUT2D eigenvalue weighted by Crippen LogP contribution is 2.58. The zero-order valence-corrected chi connectivity index (χ0v) is 71.5. The molecule has 23 atom stereocenters. The highest BCUT2D eigenvalue weighted by molar-refractivity contribution is 9.10. The van der Waals surface area contributed by atoms with E-state index in [1.54, 1.807) is 54.6 Å². The summed E-state index contributed by atoms with van der Waals surface area (Å²) in [7, 11) is 0. The fourth-order valence-electron chi connectivity index (χ4n) is 19.6. The standard InChI is InChI=1S/C27H28F2N2O4.C24H24F2N2O4.C18H21FO4.C17H18F2N2O4.C9H6BrFN2/c1-26(2)34-23-25(35-26)33-22-18(10-16-8-9-17-12-19(28)24(30)31-21(17)11-16)20(29)13-27(22,23)32-14-15-6-4-3-5-7-15;25-17-10-15-7-6-14(9-19(15)28-22(17)27)8-16-18(26)11-24(20(29)23(30)32-21(16)24)31-12-13-4-2-1-3-5-13;1-11-13(19)9-18(20-10-12-7-5-4-6-8-12)14(11)21-16-15(18)22-17(2,3)23-16;18-10-5-8-2-1-7(4-12(8)21-15(10)20)3-9-11(19)6-17(24)13(22)16(23)25-14(9)17;10-6-2-1-5-3-7(11)9(12)13-8(5)4-6/h3-9,11-12,18,20,22-23,25H,10,13-14H2,1-2H3,(H2,30,31);1-7,9-10,16,18,20-21,23,29-30H,8,11-12H2,(H2,27,28);4-8,13-16H,1,9-10H2,2-3H3;1-2,4-5,9,11,13-14,16,22-24H,3,6H2,(H2,20,21);1-4H,(H2,12,13)/t18-,20+,22-,23+,25-,27-;16-,18+,20+,21-,23?,24+;13-,14+,15-,16+,18+;9-,11+,13+,14-,16?,17+;/m1101./s1. The lowest BCUT2D eigenvalue weighted by molar-refractivity contribution is -0.237. The fraction of sp³-hybridized carbons (Fsp3) is 0.411. The number of fused-ring (bicyclic) bond motifs is 12. The van der Waals surface area contributed by atoms with Crippen molar-refractivity contribution < 1.29 is 113 Å². The van der Waals surface area contributed by atoms with Crippen LogP contribution < -0.4 is 22.9 Å². The number of ether oxygens (including phenoxy) is 11. The topological polar surface area (TPSA) is 358 Å². The van der Waals surface area contributed by atoms with Crippen molar-refractivity contribution in [1.29, 1.82) is 0 Å². The number of alkyl halides is 4. The van der Waals surface area contributed by atoms with E-state index in [0.717, 1.165) is 37.7 Å². The summed E-state index contributed by atoms with van der Waals surface area (Å²) in [5, 5.41) is 53.4. The molecule has 10 fully saturated rings. The molecule has 0 radical (unpaired) electrons. The molecule has 21 rings (SSSR count). The second-order valence-corrected chi connectivity index (χ2v) is 36.2. The molecule has 0 amide bonds. The summed E-state index contributed by atoms with van der Waals surface area (Å²) in [5.74, 6) is -6.31. The molecule has 4 aliphatic carbocycles. The molecule has 11 aromatic rings. The van der Waals surface area contributed by atoms with Crippen LogP contribution in [0.4, 0.5) is 58.4 Å². The third kappa shape index (κ3) is 17.6. The minimum atomic E-state index is -1.80. The van der Waals surface area contributed by atoms with Crippen LogP contribution in [0.2, 0.25) is 0 Å². The van der Waals surface area contributed by atoms with Crippen LogP contribution in [0.1, 0.15) is 86.8 Å². The van der Waals surface area contributed by atoms with Crippen molar-refractivity contribution in [2.75, 3.05) is 22.9 Å². The van der Waals surface area contributed by atoms with Crippen LogP contribution in [0.5, 0.6) is 0 Å². The summed E-state index contributed by atoms with van der Waals surface area (Å²) >= 11 is 3.30. The van der Waals surface area contributed by atoms with Gasteiger partial charge >= 0.3 is 0 Å². The number of rotatable bonds is 15. The average molecular weight is 1840 g/mol. The van der Waals surface area contributed by atoms with E-state index in [1.807, 2.05) is 137 Å². The average Bonchev–Trinajstić information content (AvgIpc) is 1.54. The van der Waals surface area contributed by atoms with Crippen molar-refractivity contribution >= 4 is 82.8 Å². The van der Waals surface area contributed by atoms with Crippen LogP contribution >= 0.6 is 15.9 Å². The summed E-state index contributed by atoms with van der Waals surface area (Å²) < 4.78 is 180. The van der Waals surface area contributed by atoms with Crippen LogP contribution in [0, 0.1) is 41.0 Å². The largest absolute Gasteiger partial charge is 0.385 e. The molecule has 128 heavy (non-hydrogen) atoms. The van der Waals surface area contributed by atoms with Gasteiger partial charge in [-0.05, 0) is 141 Å². The number of hydrogen-bond acceptors (Lipinski definition) is 24. The molecule has 0 spiro atoms. The van der Waals surface area contributed by atoms with E-state index in [0.29, 0.717) is 69.0 Å². The van der Waals surface area contributed by atoms with Crippen molar-refractivity contribution in [2.45, 2.75) is 225 Å². The van der Waals surface area contributed by atoms with Crippen LogP contribution in [0.25, 0.3) is 43.6 Å². The van der Waals surface area contributed by atoms with Gasteiger partial charge in [-0.3, -0.25) is 0 Å². The number of nitrogens with zero attached hydrogens (tertiary/aromatic N) is 4. The van der Waals surface area contributed by atoms with Crippen molar-refractivity contribution in [2.24, 2.45) is 17.8 Å². The highest BCUT2D eigenvalue weighted by atomic mass is 79.9. The Balaban J connectivity index is 0.000000116. The maximum atomic E-state index is 15.7. The number of halogens is 9. The van der Waals surface area contributed by atoms with Crippen molar-refractivity contribution in [1.82, 2.24) is 19.9 Å². The molecule has 10 aliphatic rings. The van der Waals surface area contributed by atoms with Crippen molar-refractivity contribution in [3.63, 3.8) is 0 Å². The van der Waals surface area contributed by atoms with Gasteiger partial charge in [0.15, 0.2) is 83.3 Å². The smallest absolute Gasteiger partial charge is 0.190 e. The van der Waals surface area contributed by atoms with E-state index in [9.17, 15) is 51.9 Å². The molecule has 7 aromatic carbocycles. The van der Waals surface area contributed by atoms with Crippen LogP contribution in [0.15, 0.2) is 205 Å². The van der Waals surface area contributed by atoms with Gasteiger partial charge in [-0.15, -0.1) is 0 Å². The van der Waals surface area contributed by atoms with Crippen LogP contribution in [-0.4, -0.2) is 178 Å². The minimum absolute atomic E-state index is 0.0643. The van der Waals surface area contributed by atoms with Gasteiger partial charge < -0.3 is 101 Å². The third-order valence-corrected chi connectivity index (χ3v) is 26.3. The maximum absolute atomic E-state index is 15.7. The molecule has 24 nitrogen and oxygen atoms in total. The molecular weight excluding hydrogens is 1740 g/mol. The monoisotopic (exact) mass is 1840 g/mol. The van der Waals surface area contributed by atoms with E-state index >= 15 is 8.78 Å². The Kier molecular flexibility index (Phi) is 25.1. The number of aliphatic hydroxyl groups excluding tert-OH is 4. The molecule has 2 unspecified atom stereocenters. The molecule has 33 heteroatoms. The predicted octanol–water partition coefficient (Wildman–Crippen LogP) is 14.1. The second-order valence-electron chi connectivity index (χ2n) is 35.2. The van der Waals surface area contributed by atoms with E-state index in [-0.39, 0.29) is 68.4 Å². The number of nitrogens with two attached hydrogens (primary N) is 4. The highest BCUT2D eigenvalue weighted by Gasteiger charge is 2.73. The van der Waals surface area contributed by atoms with Crippen molar-refractivity contribution in [3.8, 4) is 0 Å². The molecule has 676 valence electrons. The SMILES string of the molecule is C=C1[C@H]2O[C@@H]3OC(C)(C)O[C@@H]3[C@@]2(OCc2ccccc2)C[C@@H]1F.CC1(C)O[C@H]2O[C@@H]3[C@H](Cc4ccc5cc(F)c(N)nc5c4)[C@@H](F)C[C@]3(OCc3ccccc3)[C@H]2O1.Nc1nc2cc(Br)ccc2cc1F.Nc1nc2cc(C[C@H]3[C@H]4OC(O)[C@H](O)[C@@]4(O)C[C@@H]3F)ccc2cc1F.Nc1nc2cc(C[C@H]3[C@H]4OC(O)[C@H](O)[C@@]4(OCc4ccccc4)C[C@@H]3F)ccc2cc1F. The third-order valence-electron chi connectivity index (χ3n) is 25.8. The number of anilines is 4. The summed E-state index contributed by atoms with van der Waals surface area (Å²) in [6.07, 6.45) is -15.1. The molecular formula is C95H97BrF8N8O16. The normalized spacial score (nSPS) is 32.8. The Morgan fingerprint density at radius 3 is 1.20 bits per heavy atom. The van der Waals surface area contributed by atoms with Crippen molar-refractivity contribution in [3.05, 3.63) is 261 Å². The predicted molar refractivity (Wildman–Crippen MR) is 459 cm³/mol. The Labute approximate surface area is 738 Å². The number of aliphatic hydroxyl groups is 5. The second kappa shape index (κ2) is 35.6. The Bertz CT molecular complexity index is 5930. The molecule has 6 aliphatic heterocycles. The number of benzene rings is 7. The molecule has 6 saturated heterocycles. The van der Waals surface area contributed by atoms with Gasteiger partial charge in [-0.25, -0.2) is 55.1 Å². The first kappa shape index (κ1) is 90.3. The fourth-order valence-corrected chi connectivity index (χ4v) is 19.9. The number of pyridine rings is 4. The first-order valence-electron chi connectivity index (χ1n) is 42.1. The van der Waals surface area contributed by atoms with E-state index < -0.39 is 174 Å². The number of nitrogen functional groups attached to an aromatic ring is 4. The van der Waals surface area contributed by atoms with Gasteiger partial charge in [0.2, 0.25) is 0 Å². The van der Waals surface area contributed by atoms with Gasteiger partial charge in [0.1, 0.15) is 77.6 Å². The molecule has 10 heterocycles. The van der Waals surface area contributed by atoms with Crippen LogP contribution in [0.3, 0.4) is 0 Å². The lowest BCUT2D eigenvalue weighted by Crippen LogP contribution is -2.49. The van der Waals surface area contributed by atoms with Gasteiger partial charge in [-0.1, -0.05) is 156 Å². The van der Waals surface area contributed by atoms with Gasteiger partial charge in [0, 0.05) is 69.5 Å². The molecule has 0 bridgehead atoms. The lowest BCUT2D eigenvalue weighted by Gasteiger charge is -2.34. The summed E-state index contributed by atoms with van der Waals surface area (Å²) in [6, 6.07) is 55.4. The van der Waals surface area contributed by atoms with Crippen LogP contribution in [-0.2, 0) is 91.2 Å². The zero-order valence-electron chi connectivity index (χ0n) is 69.9. The minimum Gasteiger partial charge on any atom is -0.385 e. The lowest BCUT2D eigenvalue weighted by atomic mass is 9.89. The zero-order chi connectivity index (χ0) is 90.4. The van der Waals surface area contributed by atoms with E-state index in [2.05, 4.69) is 42.4 Å². The quantitative estimate of drug-likeness (QED) is 0.0340. The van der Waals surface area contributed by atoms with Gasteiger partial charge in [-0.2, -0.15) is 0 Å². The maximum Gasteiger partial charge on any atom is 0.190 e. The number of hydrogen-bond donors (Lipinski definition) is 9. The van der Waals surface area contributed by atoms with E-state index in [4.69, 9.17) is 75.0 Å². The summed E-state index contributed by atoms with van der Waals surface area (Å²) in [5.41, 5.74) is 24.9. The Hall–Kier alpha value is -9.60. The molecule has 4 saturated carbocycles. The first-order valence-corrected chi connectivity index (χ1v) is 42.9. The number of aromatic nitrogens is 4. The first-order chi connectivity index (χ1) is 61.0. The Morgan fingerprint density at radius 2 is 0.750 bits per heavy atom.